The molecule has 1 heterocycles. The van der Waals surface area contributed by atoms with Crippen LogP contribution in [0.5, 0.6) is 0 Å². The summed E-state index contributed by atoms with van der Waals surface area (Å²) in [6.07, 6.45) is 1.56. The minimum atomic E-state index is -0.0845. The van der Waals surface area contributed by atoms with Crippen molar-refractivity contribution in [2.45, 2.75) is 27.7 Å². The number of amides is 1. The van der Waals surface area contributed by atoms with Crippen LogP contribution in [0.4, 0.5) is 5.69 Å². The van der Waals surface area contributed by atoms with E-state index < -0.39 is 0 Å². The van der Waals surface area contributed by atoms with Crippen molar-refractivity contribution < 1.29 is 9.21 Å². The number of hydrogen-bond donors (Lipinski definition) is 0. The molecule has 0 aliphatic carbocycles. The largest absolute Gasteiger partial charge is 0.459 e. The van der Waals surface area contributed by atoms with Crippen LogP contribution in [0.2, 0.25) is 0 Å². The molecule has 0 saturated carbocycles. The summed E-state index contributed by atoms with van der Waals surface area (Å²) in [5.41, 5.74) is 4.05. The van der Waals surface area contributed by atoms with E-state index in [1.165, 1.54) is 0 Å². The van der Waals surface area contributed by atoms with Crippen LogP contribution in [0.25, 0.3) is 0 Å². The SMILES string of the molecule is CCN(C(=O)c1occc1C)c1cc(C)ccc1C. The molecular weight excluding hydrogens is 238 g/mol. The second-order valence-corrected chi connectivity index (χ2v) is 4.77. The lowest BCUT2D eigenvalue weighted by Crippen LogP contribution is -2.31. The number of benzene rings is 1. The summed E-state index contributed by atoms with van der Waals surface area (Å²) >= 11 is 0. The van der Waals surface area contributed by atoms with Crippen LogP contribution in [-0.4, -0.2) is 12.5 Å². The molecule has 3 nitrogen and oxygen atoms in total. The van der Waals surface area contributed by atoms with Gasteiger partial charge in [0.05, 0.1) is 6.26 Å². The average molecular weight is 257 g/mol. The minimum absolute atomic E-state index is 0.0845. The molecule has 3 heteroatoms. The molecule has 0 spiro atoms. The number of carbonyl (C=O) groups is 1. The Kier molecular flexibility index (Phi) is 3.74. The van der Waals surface area contributed by atoms with Gasteiger partial charge in [-0.1, -0.05) is 12.1 Å². The minimum Gasteiger partial charge on any atom is -0.459 e. The molecule has 0 bridgehead atoms. The Hall–Kier alpha value is -2.03. The van der Waals surface area contributed by atoms with Crippen LogP contribution in [0, 0.1) is 20.8 Å². The number of rotatable bonds is 3. The van der Waals surface area contributed by atoms with Crippen LogP contribution >= 0.6 is 0 Å². The van der Waals surface area contributed by atoms with Gasteiger partial charge >= 0.3 is 0 Å². The first-order valence-electron chi connectivity index (χ1n) is 6.47. The summed E-state index contributed by atoms with van der Waals surface area (Å²) in [6.45, 7) is 8.51. The van der Waals surface area contributed by atoms with Gasteiger partial charge in [0.25, 0.3) is 5.91 Å². The first-order chi connectivity index (χ1) is 9.04. The van der Waals surface area contributed by atoms with E-state index in [4.69, 9.17) is 4.42 Å². The van der Waals surface area contributed by atoms with E-state index in [2.05, 4.69) is 6.07 Å². The van der Waals surface area contributed by atoms with E-state index in [0.717, 1.165) is 22.4 Å². The molecule has 0 atom stereocenters. The molecule has 0 aliphatic rings. The second-order valence-electron chi connectivity index (χ2n) is 4.77. The van der Waals surface area contributed by atoms with Crippen molar-refractivity contribution in [3.8, 4) is 0 Å². The molecule has 0 unspecified atom stereocenters. The highest BCUT2D eigenvalue weighted by molar-refractivity contribution is 6.05. The lowest BCUT2D eigenvalue weighted by atomic mass is 10.1. The van der Waals surface area contributed by atoms with Gasteiger partial charge in [0.1, 0.15) is 0 Å². The number of nitrogens with zero attached hydrogens (tertiary/aromatic N) is 1. The van der Waals surface area contributed by atoms with Crippen molar-refractivity contribution in [3.63, 3.8) is 0 Å². The molecule has 19 heavy (non-hydrogen) atoms. The molecule has 1 aromatic carbocycles. The number of carbonyl (C=O) groups excluding carboxylic acids is 1. The van der Waals surface area contributed by atoms with Crippen LogP contribution in [0.3, 0.4) is 0 Å². The fourth-order valence-corrected chi connectivity index (χ4v) is 2.15. The van der Waals surface area contributed by atoms with Gasteiger partial charge in [-0.3, -0.25) is 4.79 Å². The molecule has 1 amide bonds. The molecule has 2 aromatic rings. The molecule has 2 rings (SSSR count). The monoisotopic (exact) mass is 257 g/mol. The lowest BCUT2D eigenvalue weighted by molar-refractivity contribution is 0.0960. The fraction of sp³-hybridized carbons (Fsp3) is 0.312. The summed E-state index contributed by atoms with van der Waals surface area (Å²) in [5, 5.41) is 0. The van der Waals surface area contributed by atoms with Gasteiger partial charge in [0, 0.05) is 17.8 Å². The Morgan fingerprint density at radius 1 is 1.16 bits per heavy atom. The zero-order valence-corrected chi connectivity index (χ0v) is 11.9. The van der Waals surface area contributed by atoms with Crippen LogP contribution < -0.4 is 4.90 Å². The van der Waals surface area contributed by atoms with E-state index in [9.17, 15) is 4.79 Å². The maximum absolute atomic E-state index is 12.6. The number of hydrogen-bond acceptors (Lipinski definition) is 2. The van der Waals surface area contributed by atoms with Gasteiger partial charge < -0.3 is 9.32 Å². The number of aryl methyl sites for hydroxylation is 3. The standard InChI is InChI=1S/C16H19NO2/c1-5-17(14-10-11(2)6-7-12(14)3)16(18)15-13(4)8-9-19-15/h6-10H,5H2,1-4H3. The summed E-state index contributed by atoms with van der Waals surface area (Å²) in [5.74, 6) is 0.335. The number of anilines is 1. The first kappa shape index (κ1) is 13.4. The summed E-state index contributed by atoms with van der Waals surface area (Å²) in [7, 11) is 0. The normalized spacial score (nSPS) is 10.5. The Bertz CT molecular complexity index is 599. The highest BCUT2D eigenvalue weighted by Gasteiger charge is 2.21. The average Bonchev–Trinajstić information content (AvgIpc) is 2.80. The third kappa shape index (κ3) is 2.55. The van der Waals surface area contributed by atoms with Gasteiger partial charge in [0.15, 0.2) is 5.76 Å². The molecule has 0 aliphatic heterocycles. The quantitative estimate of drug-likeness (QED) is 0.836. The van der Waals surface area contributed by atoms with Crippen molar-refractivity contribution in [3.05, 3.63) is 53.0 Å². The van der Waals surface area contributed by atoms with Crippen molar-refractivity contribution >= 4 is 11.6 Å². The fourth-order valence-electron chi connectivity index (χ4n) is 2.15. The molecule has 0 saturated heterocycles. The lowest BCUT2D eigenvalue weighted by Gasteiger charge is -2.22. The summed E-state index contributed by atoms with van der Waals surface area (Å²) in [4.78, 5) is 14.3. The Balaban J connectivity index is 2.43. The molecule has 1 aromatic heterocycles. The Morgan fingerprint density at radius 3 is 2.47 bits per heavy atom. The summed E-state index contributed by atoms with van der Waals surface area (Å²) in [6, 6.07) is 7.93. The Labute approximate surface area is 113 Å². The second kappa shape index (κ2) is 5.31. The highest BCUT2D eigenvalue weighted by Crippen LogP contribution is 2.24. The molecule has 0 N–H and O–H groups in total. The predicted molar refractivity (Wildman–Crippen MR) is 76.7 cm³/mol. The van der Waals surface area contributed by atoms with E-state index in [1.807, 2.05) is 45.9 Å². The van der Waals surface area contributed by atoms with E-state index in [-0.39, 0.29) is 5.91 Å². The Morgan fingerprint density at radius 2 is 1.89 bits per heavy atom. The van der Waals surface area contributed by atoms with Gasteiger partial charge in [0.2, 0.25) is 0 Å². The van der Waals surface area contributed by atoms with Crippen LogP contribution in [-0.2, 0) is 0 Å². The van der Waals surface area contributed by atoms with Gasteiger partial charge in [-0.25, -0.2) is 0 Å². The van der Waals surface area contributed by atoms with E-state index >= 15 is 0 Å². The zero-order chi connectivity index (χ0) is 14.0. The van der Waals surface area contributed by atoms with Crippen molar-refractivity contribution in [2.24, 2.45) is 0 Å². The third-order valence-electron chi connectivity index (χ3n) is 3.27. The number of furan rings is 1. The van der Waals surface area contributed by atoms with E-state index in [0.29, 0.717) is 12.3 Å². The molecular formula is C16H19NO2. The van der Waals surface area contributed by atoms with Crippen LogP contribution in [0.1, 0.15) is 34.2 Å². The van der Waals surface area contributed by atoms with E-state index in [1.54, 1.807) is 11.2 Å². The molecule has 100 valence electrons. The van der Waals surface area contributed by atoms with Gasteiger partial charge in [-0.05, 0) is 51.0 Å². The smallest absolute Gasteiger partial charge is 0.294 e. The van der Waals surface area contributed by atoms with Crippen molar-refractivity contribution in [1.29, 1.82) is 0 Å². The molecule has 0 radical (unpaired) electrons. The highest BCUT2D eigenvalue weighted by atomic mass is 16.3. The van der Waals surface area contributed by atoms with Crippen molar-refractivity contribution in [1.82, 2.24) is 0 Å². The summed E-state index contributed by atoms with van der Waals surface area (Å²) < 4.78 is 5.31. The van der Waals surface area contributed by atoms with Crippen LogP contribution in [0.15, 0.2) is 34.9 Å². The first-order valence-corrected chi connectivity index (χ1v) is 6.47. The maximum atomic E-state index is 12.6. The topological polar surface area (TPSA) is 33.5 Å². The van der Waals surface area contributed by atoms with Gasteiger partial charge in [-0.2, -0.15) is 0 Å². The molecule has 0 fully saturated rings. The maximum Gasteiger partial charge on any atom is 0.294 e. The predicted octanol–water partition coefficient (Wildman–Crippen LogP) is 3.87. The van der Waals surface area contributed by atoms with Crippen molar-refractivity contribution in [2.75, 3.05) is 11.4 Å². The zero-order valence-electron chi connectivity index (χ0n) is 11.9. The third-order valence-corrected chi connectivity index (χ3v) is 3.27. The van der Waals surface area contributed by atoms with Gasteiger partial charge in [-0.15, -0.1) is 0 Å².